The van der Waals surface area contributed by atoms with Crippen molar-refractivity contribution in [3.8, 4) is 0 Å². The van der Waals surface area contributed by atoms with Crippen LogP contribution in [-0.2, 0) is 4.74 Å². The van der Waals surface area contributed by atoms with Gasteiger partial charge in [-0.15, -0.1) is 0 Å². The van der Waals surface area contributed by atoms with Crippen molar-refractivity contribution in [3.05, 3.63) is 22.6 Å². The number of hydrogen-bond acceptors (Lipinski definition) is 5. The number of aromatic nitrogens is 1. The molecule has 1 spiro atoms. The van der Waals surface area contributed by atoms with Gasteiger partial charge in [-0.2, -0.15) is 4.39 Å². The summed E-state index contributed by atoms with van der Waals surface area (Å²) in [5, 5.41) is 0. The molecule has 7 heteroatoms. The first-order valence-corrected chi connectivity index (χ1v) is 8.11. The van der Waals surface area contributed by atoms with Gasteiger partial charge in [0.15, 0.2) is 6.35 Å². The Morgan fingerprint density at radius 2 is 2.10 bits per heavy atom. The van der Waals surface area contributed by atoms with Gasteiger partial charge in [0.2, 0.25) is 5.95 Å². The van der Waals surface area contributed by atoms with Crippen LogP contribution in [-0.4, -0.2) is 48.0 Å². The van der Waals surface area contributed by atoms with Gasteiger partial charge < -0.3 is 14.5 Å². The van der Waals surface area contributed by atoms with Crippen molar-refractivity contribution in [1.82, 2.24) is 9.88 Å². The van der Waals surface area contributed by atoms with Gasteiger partial charge in [0.1, 0.15) is 11.4 Å². The van der Waals surface area contributed by atoms with E-state index in [1.807, 2.05) is 4.90 Å². The van der Waals surface area contributed by atoms with Crippen LogP contribution < -0.4 is 10.6 Å². The highest BCUT2D eigenvalue weighted by molar-refractivity contribution is 9.10. The van der Waals surface area contributed by atoms with Gasteiger partial charge in [0.05, 0.1) is 11.0 Å². The molecule has 5 nitrogen and oxygen atoms in total. The summed E-state index contributed by atoms with van der Waals surface area (Å²) >= 11 is 3.12. The van der Waals surface area contributed by atoms with Gasteiger partial charge in [-0.3, -0.25) is 5.73 Å². The highest BCUT2D eigenvalue weighted by atomic mass is 79.9. The van der Waals surface area contributed by atoms with Gasteiger partial charge in [-0.05, 0) is 59.9 Å². The molecule has 1 aromatic rings. The number of rotatable bonds is 1. The van der Waals surface area contributed by atoms with E-state index in [1.165, 1.54) is 0 Å². The van der Waals surface area contributed by atoms with E-state index in [0.717, 1.165) is 32.5 Å². The molecule has 0 aromatic carbocycles. The van der Waals surface area contributed by atoms with E-state index in [-0.39, 0.29) is 5.60 Å². The summed E-state index contributed by atoms with van der Waals surface area (Å²) in [5.41, 5.74) is 5.93. The molecule has 4 aliphatic heterocycles. The summed E-state index contributed by atoms with van der Waals surface area (Å²) < 4.78 is 20.2. The zero-order chi connectivity index (χ0) is 14.6. The van der Waals surface area contributed by atoms with Crippen molar-refractivity contribution in [2.24, 2.45) is 11.7 Å². The number of pyridine rings is 1. The first-order chi connectivity index (χ1) is 10.1. The van der Waals surface area contributed by atoms with Crippen molar-refractivity contribution in [1.29, 1.82) is 0 Å². The molecule has 0 aliphatic carbocycles. The summed E-state index contributed by atoms with van der Waals surface area (Å²) in [7, 11) is 0. The minimum atomic E-state index is -0.557. The number of ether oxygens (including phenoxy) is 1. The maximum atomic E-state index is 13.7. The van der Waals surface area contributed by atoms with Crippen LogP contribution in [0.2, 0.25) is 0 Å². The molecule has 4 aliphatic rings. The van der Waals surface area contributed by atoms with E-state index >= 15 is 0 Å². The van der Waals surface area contributed by atoms with E-state index in [4.69, 9.17) is 10.5 Å². The lowest BCUT2D eigenvalue weighted by atomic mass is 9.75. The predicted molar refractivity (Wildman–Crippen MR) is 80.2 cm³/mol. The molecule has 4 fully saturated rings. The second kappa shape index (κ2) is 4.87. The largest absolute Gasteiger partial charge is 0.335 e. The molecule has 21 heavy (non-hydrogen) atoms. The minimum absolute atomic E-state index is 0.221. The van der Waals surface area contributed by atoms with Crippen molar-refractivity contribution < 1.29 is 9.13 Å². The fourth-order valence-electron chi connectivity index (χ4n) is 3.94. The highest BCUT2D eigenvalue weighted by Crippen LogP contribution is 2.43. The molecule has 2 N–H and O–H groups in total. The molecule has 1 aromatic heterocycles. The average molecular weight is 357 g/mol. The number of halogens is 2. The molecule has 2 unspecified atom stereocenters. The van der Waals surface area contributed by atoms with E-state index in [0.29, 0.717) is 22.8 Å². The number of nitrogens with zero attached hydrogens (tertiary/aromatic N) is 3. The molecule has 0 amide bonds. The predicted octanol–water partition coefficient (Wildman–Crippen LogP) is 1.53. The Morgan fingerprint density at radius 3 is 2.71 bits per heavy atom. The Balaban J connectivity index is 1.62. The van der Waals surface area contributed by atoms with Gasteiger partial charge in [0.25, 0.3) is 0 Å². The maximum absolute atomic E-state index is 13.7. The number of fused-ring (bicyclic) bond motifs is 2. The van der Waals surface area contributed by atoms with Crippen molar-refractivity contribution >= 4 is 21.7 Å². The third kappa shape index (κ3) is 2.18. The van der Waals surface area contributed by atoms with E-state index in [1.54, 1.807) is 12.1 Å². The van der Waals surface area contributed by atoms with E-state index in [2.05, 4.69) is 25.8 Å². The van der Waals surface area contributed by atoms with Crippen LogP contribution in [0.15, 0.2) is 16.6 Å². The quantitative estimate of drug-likeness (QED) is 0.773. The van der Waals surface area contributed by atoms with Crippen LogP contribution in [0.5, 0.6) is 0 Å². The standard InChI is InChI=1S/C14H18BrFN4O/c15-10-1-2-11(18-12(10)16)20-8-14(21-13(20)17)7-19-5-3-9(14)4-6-19/h1-2,9,13H,3-8,17H2. The summed E-state index contributed by atoms with van der Waals surface area (Å²) in [6.07, 6.45) is 1.75. The average Bonchev–Trinajstić information content (AvgIpc) is 2.79. The van der Waals surface area contributed by atoms with E-state index in [9.17, 15) is 4.39 Å². The second-order valence-electron chi connectivity index (χ2n) is 6.19. The molecule has 2 atom stereocenters. The Morgan fingerprint density at radius 1 is 1.33 bits per heavy atom. The first kappa shape index (κ1) is 13.9. The zero-order valence-corrected chi connectivity index (χ0v) is 13.2. The maximum Gasteiger partial charge on any atom is 0.229 e. The zero-order valence-electron chi connectivity index (χ0n) is 11.6. The van der Waals surface area contributed by atoms with Crippen LogP contribution in [0.4, 0.5) is 10.2 Å². The van der Waals surface area contributed by atoms with Crippen molar-refractivity contribution in [3.63, 3.8) is 0 Å². The fraction of sp³-hybridized carbons (Fsp3) is 0.643. The Labute approximate surface area is 131 Å². The fourth-order valence-corrected chi connectivity index (χ4v) is 4.16. The summed E-state index contributed by atoms with van der Waals surface area (Å²) in [6.45, 7) is 3.90. The van der Waals surface area contributed by atoms with Crippen LogP contribution >= 0.6 is 15.9 Å². The number of hydrogen-bond donors (Lipinski definition) is 1. The monoisotopic (exact) mass is 356 g/mol. The summed E-state index contributed by atoms with van der Waals surface area (Å²) in [6, 6.07) is 3.43. The Hall–Kier alpha value is -0.760. The second-order valence-corrected chi connectivity index (χ2v) is 7.05. The Bertz CT molecular complexity index is 566. The van der Waals surface area contributed by atoms with E-state index < -0.39 is 12.3 Å². The van der Waals surface area contributed by atoms with Gasteiger partial charge in [-0.25, -0.2) is 4.98 Å². The SMILES string of the molecule is NC1OC2(CN3CCC2CC3)CN1c1ccc(Br)c(F)n1. The minimum Gasteiger partial charge on any atom is -0.335 e. The third-order valence-electron chi connectivity index (χ3n) is 5.01. The van der Waals surface area contributed by atoms with Gasteiger partial charge in [-0.1, -0.05) is 0 Å². The van der Waals surface area contributed by atoms with Crippen LogP contribution in [0.25, 0.3) is 0 Å². The van der Waals surface area contributed by atoms with Crippen LogP contribution in [0.1, 0.15) is 12.8 Å². The number of piperidine rings is 3. The van der Waals surface area contributed by atoms with Crippen LogP contribution in [0.3, 0.4) is 0 Å². The normalized spacial score (nSPS) is 38.4. The Kier molecular flexibility index (Phi) is 3.22. The lowest BCUT2D eigenvalue weighted by Crippen LogP contribution is -2.61. The number of anilines is 1. The van der Waals surface area contributed by atoms with Gasteiger partial charge >= 0.3 is 0 Å². The smallest absolute Gasteiger partial charge is 0.229 e. The topological polar surface area (TPSA) is 54.6 Å². The molecule has 2 bridgehead atoms. The molecule has 5 rings (SSSR count). The molecule has 0 radical (unpaired) electrons. The summed E-state index contributed by atoms with van der Waals surface area (Å²) in [5.74, 6) is 0.560. The van der Waals surface area contributed by atoms with Crippen molar-refractivity contribution in [2.75, 3.05) is 31.1 Å². The van der Waals surface area contributed by atoms with Crippen LogP contribution in [0, 0.1) is 11.9 Å². The summed E-state index contributed by atoms with van der Waals surface area (Å²) in [4.78, 5) is 8.29. The lowest BCUT2D eigenvalue weighted by Gasteiger charge is -2.50. The molecule has 4 saturated heterocycles. The molecule has 0 saturated carbocycles. The molecule has 114 valence electrons. The molecular formula is C14H18BrFN4O. The lowest BCUT2D eigenvalue weighted by molar-refractivity contribution is -0.137. The van der Waals surface area contributed by atoms with Gasteiger partial charge in [0, 0.05) is 6.54 Å². The van der Waals surface area contributed by atoms with Crippen molar-refractivity contribution in [2.45, 2.75) is 24.8 Å². The highest BCUT2D eigenvalue weighted by Gasteiger charge is 2.54. The molecule has 5 heterocycles. The first-order valence-electron chi connectivity index (χ1n) is 7.32. The third-order valence-corrected chi connectivity index (χ3v) is 5.60. The number of nitrogens with two attached hydrogens (primary N) is 1. The molecular weight excluding hydrogens is 339 g/mol.